The molecular weight excluding hydrogens is 281 g/mol. The second-order valence-corrected chi connectivity index (χ2v) is 5.83. The van der Waals surface area contributed by atoms with Gasteiger partial charge in [-0.3, -0.25) is 4.98 Å². The number of hydrogen-bond acceptors (Lipinski definition) is 5. The summed E-state index contributed by atoms with van der Waals surface area (Å²) in [6.07, 6.45) is -2.20. The molecule has 0 saturated carbocycles. The van der Waals surface area contributed by atoms with Gasteiger partial charge in [0, 0.05) is 5.54 Å². The van der Waals surface area contributed by atoms with Crippen LogP contribution in [0.3, 0.4) is 0 Å². The van der Waals surface area contributed by atoms with Gasteiger partial charge in [0.25, 0.3) is 6.43 Å². The SMILES string of the molecule is CC(C)C[C@](C)(N)COc1ccc(B(O)O)nc1C(F)F. The first-order valence-electron chi connectivity index (χ1n) is 6.69. The Bertz CT molecular complexity index is 471. The summed E-state index contributed by atoms with van der Waals surface area (Å²) in [6.45, 7) is 5.87. The van der Waals surface area contributed by atoms with E-state index in [1.165, 1.54) is 12.1 Å². The van der Waals surface area contributed by atoms with E-state index in [9.17, 15) is 8.78 Å². The number of halogens is 2. The van der Waals surface area contributed by atoms with Crippen LogP contribution in [0.15, 0.2) is 12.1 Å². The van der Waals surface area contributed by atoms with Crippen molar-refractivity contribution in [2.45, 2.75) is 39.2 Å². The van der Waals surface area contributed by atoms with E-state index in [-0.39, 0.29) is 17.9 Å². The van der Waals surface area contributed by atoms with Gasteiger partial charge in [-0.25, -0.2) is 8.78 Å². The second kappa shape index (κ2) is 7.15. The van der Waals surface area contributed by atoms with E-state index in [0.29, 0.717) is 12.3 Å². The molecule has 0 bridgehead atoms. The first kappa shape index (κ1) is 17.8. The number of hydrogen-bond donors (Lipinski definition) is 3. The molecule has 0 unspecified atom stereocenters. The first-order valence-corrected chi connectivity index (χ1v) is 6.69. The first-order chi connectivity index (χ1) is 9.62. The quantitative estimate of drug-likeness (QED) is 0.650. The molecule has 0 fully saturated rings. The van der Waals surface area contributed by atoms with Gasteiger partial charge in [-0.1, -0.05) is 13.8 Å². The van der Waals surface area contributed by atoms with Crippen LogP contribution in [0.1, 0.15) is 39.3 Å². The molecule has 1 atom stereocenters. The minimum Gasteiger partial charge on any atom is -0.490 e. The van der Waals surface area contributed by atoms with Crippen LogP contribution in [0.5, 0.6) is 5.75 Å². The number of pyridine rings is 1. The molecule has 0 aliphatic rings. The van der Waals surface area contributed by atoms with Crippen LogP contribution >= 0.6 is 0 Å². The summed E-state index contributed by atoms with van der Waals surface area (Å²) in [7, 11) is -1.91. The molecule has 1 aromatic rings. The fourth-order valence-corrected chi connectivity index (χ4v) is 2.13. The van der Waals surface area contributed by atoms with Crippen LogP contribution in [0.4, 0.5) is 8.78 Å². The Labute approximate surface area is 123 Å². The fourth-order valence-electron chi connectivity index (χ4n) is 2.13. The molecule has 0 aliphatic heterocycles. The van der Waals surface area contributed by atoms with Crippen LogP contribution in [-0.2, 0) is 0 Å². The van der Waals surface area contributed by atoms with Gasteiger partial charge >= 0.3 is 7.12 Å². The Morgan fingerprint density at radius 3 is 2.48 bits per heavy atom. The smallest absolute Gasteiger partial charge is 0.490 e. The van der Waals surface area contributed by atoms with Crippen molar-refractivity contribution in [2.24, 2.45) is 11.7 Å². The van der Waals surface area contributed by atoms with Crippen LogP contribution in [0.25, 0.3) is 0 Å². The fraction of sp³-hybridized carbons (Fsp3) is 0.615. The molecule has 0 amide bonds. The lowest BCUT2D eigenvalue weighted by atomic mass is 9.85. The number of nitrogens with zero attached hydrogens (tertiary/aromatic N) is 1. The van der Waals surface area contributed by atoms with E-state index in [4.69, 9.17) is 20.5 Å². The summed E-state index contributed by atoms with van der Waals surface area (Å²) < 4.78 is 31.3. The van der Waals surface area contributed by atoms with Crippen molar-refractivity contribution in [3.63, 3.8) is 0 Å². The molecule has 1 aromatic heterocycles. The van der Waals surface area contributed by atoms with Crippen LogP contribution in [0, 0.1) is 5.92 Å². The molecule has 0 spiro atoms. The van der Waals surface area contributed by atoms with Gasteiger partial charge in [0.1, 0.15) is 18.1 Å². The molecule has 118 valence electrons. The third kappa shape index (κ3) is 5.57. The average molecular weight is 302 g/mol. The maximum Gasteiger partial charge on any atom is 0.508 e. The number of ether oxygens (including phenoxy) is 1. The maximum absolute atomic E-state index is 13.0. The number of nitrogens with two attached hydrogens (primary N) is 1. The third-order valence-corrected chi connectivity index (χ3v) is 2.81. The number of rotatable bonds is 7. The van der Waals surface area contributed by atoms with Crippen LogP contribution in [0.2, 0.25) is 0 Å². The molecule has 0 aliphatic carbocycles. The largest absolute Gasteiger partial charge is 0.508 e. The second-order valence-electron chi connectivity index (χ2n) is 5.83. The van der Waals surface area contributed by atoms with E-state index < -0.39 is 24.8 Å². The van der Waals surface area contributed by atoms with Gasteiger partial charge in [-0.15, -0.1) is 0 Å². The highest BCUT2D eigenvalue weighted by Crippen LogP contribution is 2.27. The van der Waals surface area contributed by atoms with Crippen molar-refractivity contribution in [3.8, 4) is 5.75 Å². The highest BCUT2D eigenvalue weighted by molar-refractivity contribution is 6.57. The molecule has 4 N–H and O–H groups in total. The summed E-state index contributed by atoms with van der Waals surface area (Å²) in [6, 6.07) is 2.47. The lowest BCUT2D eigenvalue weighted by molar-refractivity contribution is 0.134. The lowest BCUT2D eigenvalue weighted by Crippen LogP contribution is -2.43. The Hall–Kier alpha value is -1.25. The third-order valence-electron chi connectivity index (χ3n) is 2.81. The highest BCUT2D eigenvalue weighted by atomic mass is 19.3. The minimum atomic E-state index is -2.88. The normalized spacial score (nSPS) is 14.4. The van der Waals surface area contributed by atoms with E-state index >= 15 is 0 Å². The van der Waals surface area contributed by atoms with Gasteiger partial charge in [-0.05, 0) is 31.4 Å². The summed E-state index contributed by atoms with van der Waals surface area (Å²) in [5, 5.41) is 17.9. The molecule has 1 rings (SSSR count). The zero-order valence-corrected chi connectivity index (χ0v) is 12.4. The predicted octanol–water partition coefficient (Wildman–Crippen LogP) is 0.841. The molecule has 21 heavy (non-hydrogen) atoms. The minimum absolute atomic E-state index is 0.0631. The van der Waals surface area contributed by atoms with Gasteiger partial charge in [-0.2, -0.15) is 0 Å². The van der Waals surface area contributed by atoms with Crippen molar-refractivity contribution >= 4 is 12.7 Å². The van der Waals surface area contributed by atoms with Gasteiger partial charge < -0.3 is 20.5 Å². The summed E-state index contributed by atoms with van der Waals surface area (Å²) in [4.78, 5) is 3.52. The highest BCUT2D eigenvalue weighted by Gasteiger charge is 2.25. The van der Waals surface area contributed by atoms with E-state index in [0.717, 1.165) is 0 Å². The van der Waals surface area contributed by atoms with Crippen molar-refractivity contribution in [2.75, 3.05) is 6.61 Å². The molecule has 0 radical (unpaired) electrons. The molecule has 8 heteroatoms. The summed E-state index contributed by atoms with van der Waals surface area (Å²) in [5.74, 6) is 0.248. The van der Waals surface area contributed by atoms with Crippen molar-refractivity contribution in [3.05, 3.63) is 17.8 Å². The molecular formula is C13H21BF2N2O3. The molecule has 0 aromatic carbocycles. The van der Waals surface area contributed by atoms with Crippen LogP contribution < -0.4 is 16.1 Å². The molecule has 5 nitrogen and oxygen atoms in total. The molecule has 0 saturated heterocycles. The number of alkyl halides is 2. The van der Waals surface area contributed by atoms with E-state index in [1.807, 2.05) is 13.8 Å². The zero-order valence-electron chi connectivity index (χ0n) is 12.4. The molecule has 1 heterocycles. The number of aromatic nitrogens is 1. The standard InChI is InChI=1S/C13H21BF2N2O3/c1-8(2)6-13(3,17)7-21-9-4-5-10(14(19)20)18-11(9)12(15)16/h4-5,8,12,19-20H,6-7,17H2,1-3H3/t13-/m0/s1. The van der Waals surface area contributed by atoms with Crippen LogP contribution in [-0.4, -0.2) is 34.3 Å². The van der Waals surface area contributed by atoms with Crippen molar-refractivity contribution < 1.29 is 23.6 Å². The maximum atomic E-state index is 13.0. The Balaban J connectivity index is 2.88. The Morgan fingerprint density at radius 2 is 2.00 bits per heavy atom. The Morgan fingerprint density at radius 1 is 1.38 bits per heavy atom. The van der Waals surface area contributed by atoms with Gasteiger partial charge in [0.05, 0.1) is 5.59 Å². The topological polar surface area (TPSA) is 88.6 Å². The zero-order chi connectivity index (χ0) is 16.2. The van der Waals surface area contributed by atoms with E-state index in [2.05, 4.69) is 4.98 Å². The summed E-state index contributed by atoms with van der Waals surface area (Å²) in [5.41, 5.74) is 4.53. The Kier molecular flexibility index (Phi) is 6.06. The van der Waals surface area contributed by atoms with Crippen molar-refractivity contribution in [1.29, 1.82) is 0 Å². The van der Waals surface area contributed by atoms with Crippen molar-refractivity contribution in [1.82, 2.24) is 4.98 Å². The average Bonchev–Trinajstić information content (AvgIpc) is 2.34. The van der Waals surface area contributed by atoms with E-state index in [1.54, 1.807) is 6.92 Å². The summed E-state index contributed by atoms with van der Waals surface area (Å²) >= 11 is 0. The predicted molar refractivity (Wildman–Crippen MR) is 76.6 cm³/mol. The van der Waals surface area contributed by atoms with Gasteiger partial charge in [0.2, 0.25) is 0 Å². The lowest BCUT2D eigenvalue weighted by Gasteiger charge is -2.27. The van der Waals surface area contributed by atoms with Gasteiger partial charge in [0.15, 0.2) is 0 Å². The monoisotopic (exact) mass is 302 g/mol.